The number of carbonyl (C=O) groups is 1. The smallest absolute Gasteiger partial charge is 0.233 e. The molecule has 0 spiro atoms. The number of thioether (sulfide) groups is 1. The Morgan fingerprint density at radius 2 is 1.88 bits per heavy atom. The number of hydrogen-bond acceptors (Lipinski definition) is 3. The van der Waals surface area contributed by atoms with Gasteiger partial charge in [0.2, 0.25) is 5.91 Å². The summed E-state index contributed by atoms with van der Waals surface area (Å²) in [6.45, 7) is 8.25. The molecule has 5 heteroatoms. The van der Waals surface area contributed by atoms with E-state index in [1.54, 1.807) is 6.20 Å². The summed E-state index contributed by atoms with van der Waals surface area (Å²) < 4.78 is 2.07. The molecule has 1 aromatic carbocycles. The Bertz CT molecular complexity index is 697. The Balaban J connectivity index is 1.66. The van der Waals surface area contributed by atoms with Gasteiger partial charge in [0, 0.05) is 31.2 Å². The maximum atomic E-state index is 12.4. The Kier molecular flexibility index (Phi) is 5.29. The molecule has 1 aliphatic rings. The van der Waals surface area contributed by atoms with E-state index in [1.807, 2.05) is 11.1 Å². The molecule has 0 aliphatic carbocycles. The summed E-state index contributed by atoms with van der Waals surface area (Å²) >= 11 is 1.52. The zero-order chi connectivity index (χ0) is 17.1. The van der Waals surface area contributed by atoms with E-state index in [0.29, 0.717) is 5.75 Å². The van der Waals surface area contributed by atoms with Gasteiger partial charge in [-0.25, -0.2) is 4.98 Å². The molecule has 1 aromatic heterocycles. The molecule has 128 valence electrons. The van der Waals surface area contributed by atoms with E-state index in [9.17, 15) is 4.79 Å². The number of imidazole rings is 1. The molecular formula is C19H25N3OS. The Morgan fingerprint density at radius 1 is 1.21 bits per heavy atom. The van der Waals surface area contributed by atoms with E-state index in [2.05, 4.69) is 48.5 Å². The lowest BCUT2D eigenvalue weighted by Gasteiger charge is -2.30. The second-order valence-electron chi connectivity index (χ2n) is 6.78. The molecule has 1 amide bonds. The predicted molar refractivity (Wildman–Crippen MR) is 98.7 cm³/mol. The fourth-order valence-corrected chi connectivity index (χ4v) is 4.03. The van der Waals surface area contributed by atoms with Crippen molar-refractivity contribution in [3.8, 4) is 5.69 Å². The molecular weight excluding hydrogens is 318 g/mol. The van der Waals surface area contributed by atoms with Gasteiger partial charge in [-0.2, -0.15) is 0 Å². The Hall–Kier alpha value is -1.75. The van der Waals surface area contributed by atoms with Crippen molar-refractivity contribution in [2.24, 2.45) is 5.92 Å². The number of rotatable bonds is 4. The van der Waals surface area contributed by atoms with Crippen LogP contribution in [-0.2, 0) is 4.79 Å². The molecule has 2 aromatic rings. The van der Waals surface area contributed by atoms with Gasteiger partial charge in [0.25, 0.3) is 0 Å². The van der Waals surface area contributed by atoms with Gasteiger partial charge in [-0.05, 0) is 55.9 Å². The first-order chi connectivity index (χ1) is 11.5. The van der Waals surface area contributed by atoms with E-state index < -0.39 is 0 Å². The van der Waals surface area contributed by atoms with Crippen LogP contribution in [0, 0.1) is 19.8 Å². The lowest BCUT2D eigenvalue weighted by Crippen LogP contribution is -2.38. The number of amides is 1. The molecule has 0 saturated carbocycles. The number of benzene rings is 1. The number of aromatic nitrogens is 2. The SMILES string of the molecule is Cc1cc(C)cc(-n2ccnc2SCC(=O)N2CCC(C)CC2)c1. The van der Waals surface area contributed by atoms with Crippen molar-refractivity contribution in [3.05, 3.63) is 41.7 Å². The zero-order valence-corrected chi connectivity index (χ0v) is 15.5. The number of hydrogen-bond donors (Lipinski definition) is 0. The molecule has 24 heavy (non-hydrogen) atoms. The van der Waals surface area contributed by atoms with Gasteiger partial charge in [-0.1, -0.05) is 24.8 Å². The molecule has 0 radical (unpaired) electrons. The van der Waals surface area contributed by atoms with Gasteiger partial charge in [-0.3, -0.25) is 9.36 Å². The minimum absolute atomic E-state index is 0.224. The molecule has 1 aliphatic heterocycles. The maximum absolute atomic E-state index is 12.4. The van der Waals surface area contributed by atoms with Gasteiger partial charge in [0.15, 0.2) is 5.16 Å². The number of piperidine rings is 1. The van der Waals surface area contributed by atoms with Gasteiger partial charge in [0.05, 0.1) is 5.75 Å². The minimum Gasteiger partial charge on any atom is -0.342 e. The van der Waals surface area contributed by atoms with Gasteiger partial charge < -0.3 is 4.90 Å². The first kappa shape index (κ1) is 17.1. The molecule has 2 heterocycles. The lowest BCUT2D eigenvalue weighted by atomic mass is 9.99. The average molecular weight is 343 g/mol. The molecule has 0 bridgehead atoms. The number of nitrogens with zero attached hydrogens (tertiary/aromatic N) is 3. The van der Waals surface area contributed by atoms with Crippen LogP contribution < -0.4 is 0 Å². The minimum atomic E-state index is 0.224. The number of likely N-dealkylation sites (tertiary alicyclic amines) is 1. The maximum Gasteiger partial charge on any atom is 0.233 e. The van der Waals surface area contributed by atoms with E-state index in [0.717, 1.165) is 42.7 Å². The second kappa shape index (κ2) is 7.43. The van der Waals surface area contributed by atoms with Crippen molar-refractivity contribution in [3.63, 3.8) is 0 Å². The largest absolute Gasteiger partial charge is 0.342 e. The third kappa shape index (κ3) is 4.01. The molecule has 0 atom stereocenters. The van der Waals surface area contributed by atoms with Crippen molar-refractivity contribution < 1.29 is 4.79 Å². The summed E-state index contributed by atoms with van der Waals surface area (Å²) in [6, 6.07) is 6.45. The van der Waals surface area contributed by atoms with Crippen LogP contribution in [0.4, 0.5) is 0 Å². The third-order valence-corrected chi connectivity index (χ3v) is 5.50. The van der Waals surface area contributed by atoms with Crippen LogP contribution in [0.25, 0.3) is 5.69 Å². The van der Waals surface area contributed by atoms with E-state index in [1.165, 1.54) is 22.9 Å². The summed E-state index contributed by atoms with van der Waals surface area (Å²) in [4.78, 5) is 18.9. The van der Waals surface area contributed by atoms with Gasteiger partial charge in [-0.15, -0.1) is 0 Å². The Morgan fingerprint density at radius 3 is 2.54 bits per heavy atom. The summed E-state index contributed by atoms with van der Waals surface area (Å²) in [7, 11) is 0. The quantitative estimate of drug-likeness (QED) is 0.792. The molecule has 0 N–H and O–H groups in total. The molecule has 1 fully saturated rings. The van der Waals surface area contributed by atoms with Crippen molar-refractivity contribution in [2.75, 3.05) is 18.8 Å². The van der Waals surface area contributed by atoms with Crippen LogP contribution in [-0.4, -0.2) is 39.2 Å². The third-order valence-electron chi connectivity index (χ3n) is 4.55. The van der Waals surface area contributed by atoms with Crippen LogP contribution >= 0.6 is 11.8 Å². The van der Waals surface area contributed by atoms with Crippen LogP contribution in [0.1, 0.15) is 30.9 Å². The van der Waals surface area contributed by atoms with Crippen LogP contribution in [0.3, 0.4) is 0 Å². The Labute approximate surface area is 148 Å². The zero-order valence-electron chi connectivity index (χ0n) is 14.7. The monoisotopic (exact) mass is 343 g/mol. The van der Waals surface area contributed by atoms with Crippen molar-refractivity contribution in [1.29, 1.82) is 0 Å². The topological polar surface area (TPSA) is 38.1 Å². The van der Waals surface area contributed by atoms with E-state index >= 15 is 0 Å². The molecule has 4 nitrogen and oxygen atoms in total. The lowest BCUT2D eigenvalue weighted by molar-refractivity contribution is -0.129. The normalized spacial score (nSPS) is 15.7. The first-order valence-corrected chi connectivity index (χ1v) is 9.54. The van der Waals surface area contributed by atoms with Crippen LogP contribution in [0.2, 0.25) is 0 Å². The molecule has 1 saturated heterocycles. The summed E-state index contributed by atoms with van der Waals surface area (Å²) in [5, 5.41) is 0.874. The highest BCUT2D eigenvalue weighted by Gasteiger charge is 2.20. The fourth-order valence-electron chi connectivity index (χ4n) is 3.16. The van der Waals surface area contributed by atoms with Gasteiger partial charge >= 0.3 is 0 Å². The van der Waals surface area contributed by atoms with Crippen LogP contribution in [0.15, 0.2) is 35.7 Å². The first-order valence-electron chi connectivity index (χ1n) is 8.55. The highest BCUT2D eigenvalue weighted by molar-refractivity contribution is 7.99. The van der Waals surface area contributed by atoms with Crippen molar-refractivity contribution >= 4 is 17.7 Å². The molecule has 0 unspecified atom stereocenters. The van der Waals surface area contributed by atoms with E-state index in [4.69, 9.17) is 0 Å². The van der Waals surface area contributed by atoms with Gasteiger partial charge in [0.1, 0.15) is 0 Å². The summed E-state index contributed by atoms with van der Waals surface area (Å²) in [5.74, 6) is 1.42. The average Bonchev–Trinajstić information content (AvgIpc) is 3.01. The summed E-state index contributed by atoms with van der Waals surface area (Å²) in [5.41, 5.74) is 3.56. The second-order valence-corrected chi connectivity index (χ2v) is 7.72. The predicted octanol–water partition coefficient (Wildman–Crippen LogP) is 3.84. The number of aryl methyl sites for hydroxylation is 2. The fraction of sp³-hybridized carbons (Fsp3) is 0.474. The number of carbonyl (C=O) groups excluding carboxylic acids is 1. The van der Waals surface area contributed by atoms with Crippen molar-refractivity contribution in [2.45, 2.75) is 38.8 Å². The standard InChI is InChI=1S/C19H25N3OS/c1-14-4-7-21(8-5-14)18(23)13-24-19-20-6-9-22(19)17-11-15(2)10-16(3)12-17/h6,9-12,14H,4-5,7-8,13H2,1-3H3. The van der Waals surface area contributed by atoms with Crippen LogP contribution in [0.5, 0.6) is 0 Å². The highest BCUT2D eigenvalue weighted by atomic mass is 32.2. The van der Waals surface area contributed by atoms with E-state index in [-0.39, 0.29) is 5.91 Å². The van der Waals surface area contributed by atoms with Crippen molar-refractivity contribution in [1.82, 2.24) is 14.5 Å². The molecule has 3 rings (SSSR count). The summed E-state index contributed by atoms with van der Waals surface area (Å²) in [6.07, 6.45) is 6.00. The highest BCUT2D eigenvalue weighted by Crippen LogP contribution is 2.23.